The van der Waals surface area contributed by atoms with Crippen LogP contribution in [-0.4, -0.2) is 29.6 Å². The number of hydrogen-bond acceptors (Lipinski definition) is 2. The van der Waals surface area contributed by atoms with Crippen LogP contribution in [0.4, 0.5) is 0 Å². The highest BCUT2D eigenvalue weighted by molar-refractivity contribution is 9.10. The highest BCUT2D eigenvalue weighted by Crippen LogP contribution is 2.31. The SMILES string of the molecule is CC1(C)CCCN(CCC(O)c2ccc(Br)cc2Cl)C1. The second-order valence-corrected chi connectivity index (χ2v) is 7.84. The lowest BCUT2D eigenvalue weighted by molar-refractivity contribution is 0.0900. The molecule has 0 radical (unpaired) electrons. The van der Waals surface area contributed by atoms with Crippen LogP contribution in [-0.2, 0) is 0 Å². The average Bonchev–Trinajstić information content (AvgIpc) is 2.35. The molecule has 1 aromatic carbocycles. The molecule has 0 aromatic heterocycles. The predicted octanol–water partition coefficient (Wildman–Crippen LogP) is 4.65. The monoisotopic (exact) mass is 359 g/mol. The summed E-state index contributed by atoms with van der Waals surface area (Å²) in [5.74, 6) is 0. The maximum Gasteiger partial charge on any atom is 0.0816 e. The molecule has 2 rings (SSSR count). The van der Waals surface area contributed by atoms with Crippen molar-refractivity contribution < 1.29 is 5.11 Å². The van der Waals surface area contributed by atoms with Gasteiger partial charge in [0.25, 0.3) is 0 Å². The molecular formula is C16H23BrClNO. The maximum absolute atomic E-state index is 10.3. The van der Waals surface area contributed by atoms with Gasteiger partial charge in [0.15, 0.2) is 0 Å². The summed E-state index contributed by atoms with van der Waals surface area (Å²) in [6.07, 6.45) is 2.80. The smallest absolute Gasteiger partial charge is 0.0816 e. The van der Waals surface area contributed by atoms with Crippen LogP contribution in [0.1, 0.15) is 44.8 Å². The van der Waals surface area contributed by atoms with Crippen LogP contribution in [0.25, 0.3) is 0 Å². The average molecular weight is 361 g/mol. The van der Waals surface area contributed by atoms with E-state index in [1.807, 2.05) is 18.2 Å². The van der Waals surface area contributed by atoms with Gasteiger partial charge in [0.2, 0.25) is 0 Å². The molecule has 20 heavy (non-hydrogen) atoms. The van der Waals surface area contributed by atoms with Crippen LogP contribution in [0, 0.1) is 5.41 Å². The third-order valence-corrected chi connectivity index (χ3v) is 4.84. The minimum atomic E-state index is -0.486. The molecule has 0 saturated carbocycles. The summed E-state index contributed by atoms with van der Waals surface area (Å²) in [6.45, 7) is 7.83. The van der Waals surface area contributed by atoms with Gasteiger partial charge in [0.05, 0.1) is 6.10 Å². The van der Waals surface area contributed by atoms with Crippen molar-refractivity contribution >= 4 is 27.5 Å². The van der Waals surface area contributed by atoms with Gasteiger partial charge in [-0.15, -0.1) is 0 Å². The van der Waals surface area contributed by atoms with Crippen molar-refractivity contribution in [3.63, 3.8) is 0 Å². The molecule has 0 bridgehead atoms. The van der Waals surface area contributed by atoms with Gasteiger partial charge in [-0.25, -0.2) is 0 Å². The summed E-state index contributed by atoms with van der Waals surface area (Å²) in [4.78, 5) is 2.46. The number of likely N-dealkylation sites (tertiary alicyclic amines) is 1. The first-order valence-electron chi connectivity index (χ1n) is 7.23. The second kappa shape index (κ2) is 6.78. The molecule has 1 saturated heterocycles. The van der Waals surface area contributed by atoms with E-state index in [1.165, 1.54) is 12.8 Å². The van der Waals surface area contributed by atoms with E-state index in [1.54, 1.807) is 0 Å². The molecule has 1 N–H and O–H groups in total. The molecule has 0 spiro atoms. The van der Waals surface area contributed by atoms with Crippen LogP contribution < -0.4 is 0 Å². The Kier molecular flexibility index (Phi) is 5.52. The number of nitrogens with zero attached hydrogens (tertiary/aromatic N) is 1. The normalized spacial score (nSPS) is 20.9. The Morgan fingerprint density at radius 2 is 2.20 bits per heavy atom. The van der Waals surface area contributed by atoms with E-state index in [0.717, 1.165) is 36.1 Å². The zero-order valence-corrected chi connectivity index (χ0v) is 14.5. The molecule has 112 valence electrons. The molecule has 1 aliphatic heterocycles. The molecule has 4 heteroatoms. The largest absolute Gasteiger partial charge is 0.388 e. The molecule has 1 fully saturated rings. The third kappa shape index (κ3) is 4.45. The quantitative estimate of drug-likeness (QED) is 0.845. The van der Waals surface area contributed by atoms with Gasteiger partial charge in [0.1, 0.15) is 0 Å². The van der Waals surface area contributed by atoms with Gasteiger partial charge < -0.3 is 10.0 Å². The highest BCUT2D eigenvalue weighted by atomic mass is 79.9. The molecule has 0 amide bonds. The Morgan fingerprint density at radius 1 is 1.45 bits per heavy atom. The van der Waals surface area contributed by atoms with E-state index < -0.39 is 6.10 Å². The van der Waals surface area contributed by atoms with Crippen LogP contribution in [0.5, 0.6) is 0 Å². The number of aliphatic hydroxyl groups excluding tert-OH is 1. The van der Waals surface area contributed by atoms with E-state index in [-0.39, 0.29) is 0 Å². The maximum atomic E-state index is 10.3. The molecular weight excluding hydrogens is 338 g/mol. The Labute approximate surface area is 135 Å². The van der Waals surface area contributed by atoms with Crippen molar-refractivity contribution in [2.75, 3.05) is 19.6 Å². The fraction of sp³-hybridized carbons (Fsp3) is 0.625. The summed E-state index contributed by atoms with van der Waals surface area (Å²) >= 11 is 9.57. The van der Waals surface area contributed by atoms with Gasteiger partial charge in [-0.2, -0.15) is 0 Å². The van der Waals surface area contributed by atoms with Crippen LogP contribution >= 0.6 is 27.5 Å². The molecule has 1 atom stereocenters. The van der Waals surface area contributed by atoms with Gasteiger partial charge in [-0.05, 0) is 48.9 Å². The van der Waals surface area contributed by atoms with Crippen molar-refractivity contribution in [2.45, 2.75) is 39.2 Å². The number of halogens is 2. The van der Waals surface area contributed by atoms with E-state index in [2.05, 4.69) is 34.7 Å². The Balaban J connectivity index is 1.90. The Bertz CT molecular complexity index is 464. The van der Waals surface area contributed by atoms with Crippen molar-refractivity contribution in [1.82, 2.24) is 4.90 Å². The van der Waals surface area contributed by atoms with Gasteiger partial charge in [0, 0.05) is 22.6 Å². The van der Waals surface area contributed by atoms with E-state index >= 15 is 0 Å². The topological polar surface area (TPSA) is 23.5 Å². The molecule has 0 aliphatic carbocycles. The zero-order chi connectivity index (χ0) is 14.8. The molecule has 1 unspecified atom stereocenters. The van der Waals surface area contributed by atoms with Crippen LogP contribution in [0.2, 0.25) is 5.02 Å². The summed E-state index contributed by atoms with van der Waals surface area (Å²) < 4.78 is 0.941. The van der Waals surface area contributed by atoms with Crippen molar-refractivity contribution in [2.24, 2.45) is 5.41 Å². The van der Waals surface area contributed by atoms with Crippen LogP contribution in [0.15, 0.2) is 22.7 Å². The fourth-order valence-electron chi connectivity index (χ4n) is 2.97. The van der Waals surface area contributed by atoms with E-state index in [9.17, 15) is 5.11 Å². The van der Waals surface area contributed by atoms with E-state index in [0.29, 0.717) is 10.4 Å². The zero-order valence-electron chi connectivity index (χ0n) is 12.2. The van der Waals surface area contributed by atoms with Crippen molar-refractivity contribution in [3.8, 4) is 0 Å². The van der Waals surface area contributed by atoms with E-state index in [4.69, 9.17) is 11.6 Å². The lowest BCUT2D eigenvalue weighted by Gasteiger charge is -2.38. The molecule has 2 nitrogen and oxygen atoms in total. The fourth-order valence-corrected chi connectivity index (χ4v) is 3.77. The summed E-state index contributed by atoms with van der Waals surface area (Å²) in [6, 6.07) is 5.66. The highest BCUT2D eigenvalue weighted by Gasteiger charge is 2.26. The van der Waals surface area contributed by atoms with Gasteiger partial charge >= 0.3 is 0 Å². The number of rotatable bonds is 4. The number of aliphatic hydroxyl groups is 1. The third-order valence-electron chi connectivity index (χ3n) is 4.02. The predicted molar refractivity (Wildman–Crippen MR) is 88.2 cm³/mol. The van der Waals surface area contributed by atoms with Crippen LogP contribution in [0.3, 0.4) is 0 Å². The van der Waals surface area contributed by atoms with Crippen molar-refractivity contribution in [3.05, 3.63) is 33.3 Å². The molecule has 1 aliphatic rings. The first-order valence-corrected chi connectivity index (χ1v) is 8.40. The number of piperidine rings is 1. The number of benzene rings is 1. The summed E-state index contributed by atoms with van der Waals surface area (Å²) in [5.41, 5.74) is 1.23. The standard InChI is InChI=1S/C16H23BrClNO/c1-16(2)7-3-8-19(11-16)9-6-15(20)13-5-4-12(17)10-14(13)18/h4-5,10,15,20H,3,6-9,11H2,1-2H3. The number of hydrogen-bond donors (Lipinski definition) is 1. The first kappa shape index (κ1) is 16.3. The summed E-state index contributed by atoms with van der Waals surface area (Å²) in [7, 11) is 0. The lowest BCUT2D eigenvalue weighted by Crippen LogP contribution is -2.40. The minimum absolute atomic E-state index is 0.401. The minimum Gasteiger partial charge on any atom is -0.388 e. The Morgan fingerprint density at radius 3 is 2.85 bits per heavy atom. The van der Waals surface area contributed by atoms with Crippen molar-refractivity contribution in [1.29, 1.82) is 0 Å². The van der Waals surface area contributed by atoms with Gasteiger partial charge in [-0.1, -0.05) is 47.4 Å². The first-order chi connectivity index (χ1) is 9.37. The second-order valence-electron chi connectivity index (χ2n) is 6.51. The van der Waals surface area contributed by atoms with Gasteiger partial charge in [-0.3, -0.25) is 0 Å². The lowest BCUT2D eigenvalue weighted by atomic mass is 9.84. The molecule has 1 heterocycles. The summed E-state index contributed by atoms with van der Waals surface area (Å²) in [5, 5.41) is 11.0. The Hall–Kier alpha value is -0.0900. The molecule has 1 aromatic rings.